The number of β-amino-alcohol motifs (C(OH)–C–C–N with tert-alkyl or cyclic N) is 1. The fourth-order valence-electron chi connectivity index (χ4n) is 2.11. The van der Waals surface area contributed by atoms with Crippen molar-refractivity contribution in [1.29, 1.82) is 0 Å². The van der Waals surface area contributed by atoms with Gasteiger partial charge < -0.3 is 19.3 Å². The van der Waals surface area contributed by atoms with E-state index in [2.05, 4.69) is 10.1 Å². The molecule has 5 nitrogen and oxygen atoms in total. The van der Waals surface area contributed by atoms with E-state index in [0.29, 0.717) is 12.3 Å². The predicted molar refractivity (Wildman–Crippen MR) is 73.3 cm³/mol. The lowest BCUT2D eigenvalue weighted by atomic mass is 10.1. The molecule has 6 heteroatoms. The molecule has 0 aliphatic carbocycles. The molecule has 106 valence electrons. The second-order valence-electron chi connectivity index (χ2n) is 4.67. The summed E-state index contributed by atoms with van der Waals surface area (Å²) in [5.41, 5.74) is 0. The van der Waals surface area contributed by atoms with Crippen molar-refractivity contribution in [3.8, 4) is 0 Å². The van der Waals surface area contributed by atoms with E-state index in [1.807, 2.05) is 0 Å². The molecule has 1 aromatic heterocycles. The lowest BCUT2D eigenvalue weighted by molar-refractivity contribution is 0.0160. The van der Waals surface area contributed by atoms with Crippen LogP contribution in [0.2, 0.25) is 0 Å². The Kier molecular flexibility index (Phi) is 5.69. The molecule has 0 bridgehead atoms. The fourth-order valence-corrected chi connectivity index (χ4v) is 2.27. The Hall–Kier alpha value is -1.04. The lowest BCUT2D eigenvalue weighted by Crippen LogP contribution is -2.38. The number of furan rings is 1. The normalized spacial score (nSPS) is 19.4. The Morgan fingerprint density at radius 1 is 1.47 bits per heavy atom. The summed E-state index contributed by atoms with van der Waals surface area (Å²) in [5.74, 6) is 0.451. The lowest BCUT2D eigenvalue weighted by Gasteiger charge is -2.27. The monoisotopic (exact) mass is 286 g/mol. The summed E-state index contributed by atoms with van der Waals surface area (Å²) >= 11 is 5.86. The van der Waals surface area contributed by atoms with Gasteiger partial charge in [-0.25, -0.2) is 0 Å². The zero-order valence-corrected chi connectivity index (χ0v) is 11.6. The van der Waals surface area contributed by atoms with E-state index >= 15 is 0 Å². The highest BCUT2D eigenvalue weighted by molar-refractivity contribution is 6.69. The minimum atomic E-state index is -0.553. The van der Waals surface area contributed by atoms with E-state index < -0.39 is 6.10 Å². The molecule has 1 fully saturated rings. The Morgan fingerprint density at radius 3 is 2.95 bits per heavy atom. The molecule has 2 rings (SSSR count). The maximum atomic E-state index is 9.84. The van der Waals surface area contributed by atoms with Crippen LogP contribution >= 0.6 is 11.6 Å². The van der Waals surface area contributed by atoms with Gasteiger partial charge in [0.1, 0.15) is 12.7 Å². The van der Waals surface area contributed by atoms with Crippen LogP contribution in [0.5, 0.6) is 0 Å². The standard InChI is InChI=1S/C13H19ClN2O3/c14-13(12-5-4-8-18-12)15-19-10-11(17)9-16-6-2-1-3-7-16/h4-5,8,11,17H,1-3,6-7,9-10H2/b15-13-. The van der Waals surface area contributed by atoms with Gasteiger partial charge in [0.2, 0.25) is 5.17 Å². The van der Waals surface area contributed by atoms with Crippen molar-refractivity contribution in [3.63, 3.8) is 0 Å². The molecule has 1 saturated heterocycles. The van der Waals surface area contributed by atoms with Gasteiger partial charge in [0.05, 0.1) is 6.26 Å². The van der Waals surface area contributed by atoms with Gasteiger partial charge in [0.15, 0.2) is 5.76 Å². The van der Waals surface area contributed by atoms with Crippen LogP contribution in [0, 0.1) is 0 Å². The minimum absolute atomic E-state index is 0.132. The summed E-state index contributed by atoms with van der Waals surface area (Å²) in [4.78, 5) is 7.29. The molecule has 0 aromatic carbocycles. The van der Waals surface area contributed by atoms with E-state index in [4.69, 9.17) is 20.9 Å². The maximum Gasteiger partial charge on any atom is 0.211 e. The SMILES string of the molecule is OC(CO/N=C(\Cl)c1ccco1)CN1CCCCC1. The molecular formula is C13H19ClN2O3. The summed E-state index contributed by atoms with van der Waals surface area (Å²) in [7, 11) is 0. The molecule has 0 radical (unpaired) electrons. The molecule has 0 saturated carbocycles. The summed E-state index contributed by atoms with van der Waals surface area (Å²) in [6.45, 7) is 2.85. The van der Waals surface area contributed by atoms with Crippen LogP contribution in [0.4, 0.5) is 0 Å². The number of oxime groups is 1. The molecule has 1 aromatic rings. The first-order valence-electron chi connectivity index (χ1n) is 6.55. The molecule has 1 aliphatic rings. The van der Waals surface area contributed by atoms with Gasteiger partial charge in [0, 0.05) is 6.54 Å². The molecule has 1 aliphatic heterocycles. The Balaban J connectivity index is 1.68. The Bertz CT molecular complexity index is 389. The average molecular weight is 287 g/mol. The molecule has 1 atom stereocenters. The third kappa shape index (κ3) is 4.86. The first-order chi connectivity index (χ1) is 9.25. The highest BCUT2D eigenvalue weighted by Gasteiger charge is 2.15. The number of aliphatic hydroxyl groups is 1. The van der Waals surface area contributed by atoms with Gasteiger partial charge >= 0.3 is 0 Å². The van der Waals surface area contributed by atoms with Gasteiger partial charge in [-0.15, -0.1) is 0 Å². The average Bonchev–Trinajstić information content (AvgIpc) is 2.93. The van der Waals surface area contributed by atoms with Crippen molar-refractivity contribution in [2.75, 3.05) is 26.2 Å². The fraction of sp³-hybridized carbons (Fsp3) is 0.615. The van der Waals surface area contributed by atoms with E-state index in [9.17, 15) is 5.11 Å². The quantitative estimate of drug-likeness (QED) is 0.642. The number of piperidine rings is 1. The minimum Gasteiger partial charge on any atom is -0.462 e. The number of hydrogen-bond donors (Lipinski definition) is 1. The predicted octanol–water partition coefficient (Wildman–Crippen LogP) is 2.04. The van der Waals surface area contributed by atoms with Gasteiger partial charge in [-0.05, 0) is 38.1 Å². The molecular weight excluding hydrogens is 268 g/mol. The van der Waals surface area contributed by atoms with Gasteiger partial charge in [-0.3, -0.25) is 0 Å². The summed E-state index contributed by atoms with van der Waals surface area (Å²) in [6, 6.07) is 3.41. The third-order valence-electron chi connectivity index (χ3n) is 3.05. The maximum absolute atomic E-state index is 9.84. The van der Waals surface area contributed by atoms with E-state index in [1.165, 1.54) is 25.5 Å². The van der Waals surface area contributed by atoms with Crippen molar-refractivity contribution in [1.82, 2.24) is 4.90 Å². The van der Waals surface area contributed by atoms with Gasteiger partial charge in [0.25, 0.3) is 0 Å². The van der Waals surface area contributed by atoms with Crippen LogP contribution < -0.4 is 0 Å². The number of aliphatic hydroxyl groups excluding tert-OH is 1. The number of halogens is 1. The van der Waals surface area contributed by atoms with Crippen molar-refractivity contribution >= 4 is 16.8 Å². The van der Waals surface area contributed by atoms with Crippen molar-refractivity contribution in [2.24, 2.45) is 5.16 Å². The Morgan fingerprint density at radius 2 is 2.26 bits per heavy atom. The van der Waals surface area contributed by atoms with Crippen LogP contribution in [0.1, 0.15) is 25.0 Å². The molecule has 1 N–H and O–H groups in total. The van der Waals surface area contributed by atoms with Gasteiger partial charge in [-0.2, -0.15) is 0 Å². The highest BCUT2D eigenvalue weighted by atomic mass is 35.5. The molecule has 0 amide bonds. The highest BCUT2D eigenvalue weighted by Crippen LogP contribution is 2.09. The molecule has 0 spiro atoms. The number of nitrogens with zero attached hydrogens (tertiary/aromatic N) is 2. The first kappa shape index (κ1) is 14.4. The van der Waals surface area contributed by atoms with E-state index in [-0.39, 0.29) is 11.8 Å². The number of likely N-dealkylation sites (tertiary alicyclic amines) is 1. The number of hydrogen-bond acceptors (Lipinski definition) is 5. The van der Waals surface area contributed by atoms with E-state index in [0.717, 1.165) is 13.1 Å². The molecule has 2 heterocycles. The summed E-state index contributed by atoms with van der Waals surface area (Å²) < 4.78 is 5.06. The zero-order chi connectivity index (χ0) is 13.5. The smallest absolute Gasteiger partial charge is 0.211 e. The van der Waals surface area contributed by atoms with Crippen LogP contribution in [-0.4, -0.2) is 47.5 Å². The van der Waals surface area contributed by atoms with E-state index in [1.54, 1.807) is 12.1 Å². The second-order valence-corrected chi connectivity index (χ2v) is 5.03. The number of rotatable bonds is 6. The van der Waals surface area contributed by atoms with Crippen molar-refractivity contribution in [2.45, 2.75) is 25.4 Å². The topological polar surface area (TPSA) is 58.2 Å². The molecule has 19 heavy (non-hydrogen) atoms. The van der Waals surface area contributed by atoms with Crippen LogP contribution in [0.25, 0.3) is 0 Å². The third-order valence-corrected chi connectivity index (χ3v) is 3.31. The van der Waals surface area contributed by atoms with Gasteiger partial charge in [-0.1, -0.05) is 23.2 Å². The first-order valence-corrected chi connectivity index (χ1v) is 6.93. The molecule has 1 unspecified atom stereocenters. The van der Waals surface area contributed by atoms with Crippen LogP contribution in [0.3, 0.4) is 0 Å². The zero-order valence-electron chi connectivity index (χ0n) is 10.8. The largest absolute Gasteiger partial charge is 0.462 e. The summed E-state index contributed by atoms with van der Waals surface area (Å²) in [5, 5.41) is 13.7. The van der Waals surface area contributed by atoms with Crippen LogP contribution in [0.15, 0.2) is 28.0 Å². The second kappa shape index (κ2) is 7.53. The van der Waals surface area contributed by atoms with Crippen molar-refractivity contribution < 1.29 is 14.4 Å². The van der Waals surface area contributed by atoms with Crippen LogP contribution in [-0.2, 0) is 4.84 Å². The van der Waals surface area contributed by atoms with Crippen molar-refractivity contribution in [3.05, 3.63) is 24.2 Å². The summed E-state index contributed by atoms with van der Waals surface area (Å²) in [6.07, 6.45) is 4.65. The Labute approximate surface area is 117 Å².